The van der Waals surface area contributed by atoms with Gasteiger partial charge in [0.1, 0.15) is 0 Å². The lowest BCUT2D eigenvalue weighted by Crippen LogP contribution is -2.04. The standard InChI is InChI=1S/C16H12N4OS2/c21-14-9-13-17-15(12-7-4-8-22-12)18-16(20(13)19-14)23-10-11-5-2-1-3-6-11/h1-9H,10H2,(H,19,21). The third kappa shape index (κ3) is 2.93. The van der Waals surface area contributed by atoms with Crippen molar-refractivity contribution in [3.8, 4) is 10.7 Å². The van der Waals surface area contributed by atoms with Crippen molar-refractivity contribution >= 4 is 28.7 Å². The summed E-state index contributed by atoms with van der Waals surface area (Å²) >= 11 is 3.16. The van der Waals surface area contributed by atoms with Crippen LogP contribution in [0.1, 0.15) is 5.56 Å². The molecule has 0 radical (unpaired) electrons. The highest BCUT2D eigenvalue weighted by molar-refractivity contribution is 7.98. The van der Waals surface area contributed by atoms with Crippen LogP contribution in [0.25, 0.3) is 16.3 Å². The Balaban J connectivity index is 1.76. The van der Waals surface area contributed by atoms with E-state index in [1.807, 2.05) is 35.7 Å². The van der Waals surface area contributed by atoms with E-state index in [0.717, 1.165) is 15.8 Å². The van der Waals surface area contributed by atoms with E-state index in [4.69, 9.17) is 0 Å². The van der Waals surface area contributed by atoms with Gasteiger partial charge in [-0.05, 0) is 17.0 Å². The van der Waals surface area contributed by atoms with Gasteiger partial charge in [-0.25, -0.2) is 14.5 Å². The fraction of sp³-hybridized carbons (Fsp3) is 0.0625. The van der Waals surface area contributed by atoms with Gasteiger partial charge in [-0.1, -0.05) is 48.2 Å². The summed E-state index contributed by atoms with van der Waals surface area (Å²) in [7, 11) is 0. The smallest absolute Gasteiger partial charge is 0.266 e. The van der Waals surface area contributed by atoms with E-state index in [-0.39, 0.29) is 5.56 Å². The van der Waals surface area contributed by atoms with E-state index in [2.05, 4.69) is 27.2 Å². The number of hydrogen-bond donors (Lipinski definition) is 1. The number of nitrogens with zero attached hydrogens (tertiary/aromatic N) is 3. The molecule has 7 heteroatoms. The Labute approximate surface area is 140 Å². The molecule has 0 fully saturated rings. The van der Waals surface area contributed by atoms with Crippen LogP contribution in [0.3, 0.4) is 0 Å². The highest BCUT2D eigenvalue weighted by Crippen LogP contribution is 2.26. The van der Waals surface area contributed by atoms with Gasteiger partial charge in [-0.3, -0.25) is 9.89 Å². The molecule has 0 bridgehead atoms. The average Bonchev–Trinajstić information content (AvgIpc) is 3.21. The average molecular weight is 340 g/mol. The van der Waals surface area contributed by atoms with Gasteiger partial charge in [-0.15, -0.1) is 11.3 Å². The quantitative estimate of drug-likeness (QED) is 0.578. The summed E-state index contributed by atoms with van der Waals surface area (Å²) in [5.74, 6) is 1.42. The topological polar surface area (TPSA) is 63.1 Å². The Bertz CT molecular complexity index is 990. The number of rotatable bonds is 4. The molecule has 4 rings (SSSR count). The Kier molecular flexibility index (Phi) is 3.72. The SMILES string of the molecule is O=c1cc2nc(-c3cccs3)nc(SCc3ccccc3)n2[nH]1. The van der Waals surface area contributed by atoms with Crippen LogP contribution in [-0.4, -0.2) is 19.6 Å². The second-order valence-electron chi connectivity index (χ2n) is 4.90. The van der Waals surface area contributed by atoms with E-state index in [0.29, 0.717) is 11.5 Å². The van der Waals surface area contributed by atoms with Crippen molar-refractivity contribution < 1.29 is 0 Å². The first-order chi connectivity index (χ1) is 11.3. The summed E-state index contributed by atoms with van der Waals surface area (Å²) in [6.45, 7) is 0. The third-order valence-electron chi connectivity index (χ3n) is 3.28. The van der Waals surface area contributed by atoms with Crippen molar-refractivity contribution in [2.45, 2.75) is 10.9 Å². The minimum atomic E-state index is -0.177. The van der Waals surface area contributed by atoms with Crippen LogP contribution in [-0.2, 0) is 5.75 Å². The summed E-state index contributed by atoms with van der Waals surface area (Å²) in [5.41, 5.74) is 1.62. The molecule has 114 valence electrons. The molecule has 0 aliphatic carbocycles. The zero-order valence-corrected chi connectivity index (χ0v) is 13.6. The maximum atomic E-state index is 11.7. The lowest BCUT2D eigenvalue weighted by atomic mass is 10.2. The molecule has 3 heterocycles. The predicted molar refractivity (Wildman–Crippen MR) is 92.9 cm³/mol. The Hall–Kier alpha value is -2.38. The van der Waals surface area contributed by atoms with E-state index < -0.39 is 0 Å². The fourth-order valence-corrected chi connectivity index (χ4v) is 3.78. The largest absolute Gasteiger partial charge is 0.268 e. The predicted octanol–water partition coefficient (Wildman–Crippen LogP) is 3.44. The lowest BCUT2D eigenvalue weighted by Gasteiger charge is -2.06. The first-order valence-corrected chi connectivity index (χ1v) is 8.86. The molecule has 1 aromatic carbocycles. The molecule has 0 aliphatic heterocycles. The van der Waals surface area contributed by atoms with E-state index in [9.17, 15) is 4.79 Å². The molecule has 0 aliphatic rings. The van der Waals surface area contributed by atoms with Gasteiger partial charge in [0.2, 0.25) is 0 Å². The number of benzene rings is 1. The third-order valence-corrected chi connectivity index (χ3v) is 5.15. The number of fused-ring (bicyclic) bond motifs is 1. The minimum absolute atomic E-state index is 0.177. The molecule has 0 atom stereocenters. The molecule has 3 aromatic heterocycles. The summed E-state index contributed by atoms with van der Waals surface area (Å²) in [5, 5.41) is 5.47. The summed E-state index contributed by atoms with van der Waals surface area (Å²) < 4.78 is 1.65. The van der Waals surface area contributed by atoms with Gasteiger partial charge in [0, 0.05) is 11.8 Å². The maximum absolute atomic E-state index is 11.7. The van der Waals surface area contributed by atoms with Crippen molar-refractivity contribution in [2.24, 2.45) is 0 Å². The number of H-pyrrole nitrogens is 1. The molecule has 0 unspecified atom stereocenters. The first kappa shape index (κ1) is 14.2. The van der Waals surface area contributed by atoms with Crippen LogP contribution in [0.15, 0.2) is 63.9 Å². The molecule has 0 saturated carbocycles. The summed E-state index contributed by atoms with van der Waals surface area (Å²) in [6.07, 6.45) is 0. The van der Waals surface area contributed by atoms with Crippen LogP contribution >= 0.6 is 23.1 Å². The van der Waals surface area contributed by atoms with Crippen molar-refractivity contribution in [3.63, 3.8) is 0 Å². The zero-order valence-electron chi connectivity index (χ0n) is 12.0. The Morgan fingerprint density at radius 3 is 2.78 bits per heavy atom. The molecule has 0 saturated heterocycles. The number of aromatic amines is 1. The molecular weight excluding hydrogens is 328 g/mol. The van der Waals surface area contributed by atoms with E-state index in [1.54, 1.807) is 27.6 Å². The zero-order chi connectivity index (χ0) is 15.6. The van der Waals surface area contributed by atoms with E-state index >= 15 is 0 Å². The van der Waals surface area contributed by atoms with Gasteiger partial charge < -0.3 is 0 Å². The molecule has 4 aromatic rings. The molecule has 5 nitrogen and oxygen atoms in total. The van der Waals surface area contributed by atoms with Gasteiger partial charge >= 0.3 is 0 Å². The van der Waals surface area contributed by atoms with Crippen LogP contribution < -0.4 is 5.56 Å². The number of thiophene rings is 1. The van der Waals surface area contributed by atoms with Crippen molar-refractivity contribution in [1.29, 1.82) is 0 Å². The number of aromatic nitrogens is 4. The lowest BCUT2D eigenvalue weighted by molar-refractivity contribution is 0.767. The molecule has 23 heavy (non-hydrogen) atoms. The highest BCUT2D eigenvalue weighted by Gasteiger charge is 2.12. The molecule has 0 spiro atoms. The van der Waals surface area contributed by atoms with Crippen molar-refractivity contribution in [3.05, 3.63) is 69.8 Å². The molecule has 1 N–H and O–H groups in total. The van der Waals surface area contributed by atoms with Gasteiger partial charge in [0.05, 0.1) is 4.88 Å². The van der Waals surface area contributed by atoms with Crippen LogP contribution in [0.5, 0.6) is 0 Å². The van der Waals surface area contributed by atoms with Gasteiger partial charge in [0.15, 0.2) is 16.6 Å². The number of hydrogen-bond acceptors (Lipinski definition) is 5. The summed E-state index contributed by atoms with van der Waals surface area (Å²) in [6, 6.07) is 15.6. The monoisotopic (exact) mass is 340 g/mol. The van der Waals surface area contributed by atoms with E-state index in [1.165, 1.54) is 11.6 Å². The van der Waals surface area contributed by atoms with Crippen molar-refractivity contribution in [2.75, 3.05) is 0 Å². The second-order valence-corrected chi connectivity index (χ2v) is 6.79. The van der Waals surface area contributed by atoms with Crippen LogP contribution in [0.4, 0.5) is 0 Å². The Morgan fingerprint density at radius 2 is 2.00 bits per heavy atom. The first-order valence-electron chi connectivity index (χ1n) is 7.00. The molecule has 0 amide bonds. The van der Waals surface area contributed by atoms with Crippen LogP contribution in [0, 0.1) is 0 Å². The maximum Gasteiger partial charge on any atom is 0.266 e. The minimum Gasteiger partial charge on any atom is -0.268 e. The summed E-state index contributed by atoms with van der Waals surface area (Å²) in [4.78, 5) is 21.7. The second kappa shape index (κ2) is 6.02. The highest BCUT2D eigenvalue weighted by atomic mass is 32.2. The fourth-order valence-electron chi connectivity index (χ4n) is 2.22. The van der Waals surface area contributed by atoms with Crippen molar-refractivity contribution in [1.82, 2.24) is 19.6 Å². The number of thioether (sulfide) groups is 1. The normalized spacial score (nSPS) is 11.1. The van der Waals surface area contributed by atoms with Gasteiger partial charge in [0.25, 0.3) is 5.56 Å². The number of nitrogens with one attached hydrogen (secondary N) is 1. The van der Waals surface area contributed by atoms with Crippen LogP contribution in [0.2, 0.25) is 0 Å². The molecular formula is C16H12N4OS2. The van der Waals surface area contributed by atoms with Gasteiger partial charge in [-0.2, -0.15) is 0 Å². The Morgan fingerprint density at radius 1 is 1.13 bits per heavy atom.